The Morgan fingerprint density at radius 3 is 2.35 bits per heavy atom. The molecule has 0 radical (unpaired) electrons. The van der Waals surface area contributed by atoms with E-state index in [0.717, 1.165) is 0 Å². The molecule has 2 rings (SSSR count). The SMILES string of the molecule is CCOc1c(Br)cc(Cl)cc1NCC(=O)Nc1cc(OC)cc(OC)c1. The minimum absolute atomic E-state index is 0.0341. The second-order valence-corrected chi connectivity index (χ2v) is 6.49. The van der Waals surface area contributed by atoms with Gasteiger partial charge in [0.25, 0.3) is 0 Å². The van der Waals surface area contributed by atoms with Crippen molar-refractivity contribution in [3.63, 3.8) is 0 Å². The van der Waals surface area contributed by atoms with E-state index in [-0.39, 0.29) is 12.5 Å². The van der Waals surface area contributed by atoms with Crippen molar-refractivity contribution in [3.8, 4) is 17.2 Å². The standard InChI is InChI=1S/C18H20BrClN2O4/c1-4-26-18-15(19)5-11(20)6-16(18)21-10-17(23)22-12-7-13(24-2)9-14(8-12)25-3/h5-9,21H,4,10H2,1-3H3,(H,22,23). The van der Waals surface area contributed by atoms with Gasteiger partial charge in [-0.3, -0.25) is 4.79 Å². The van der Waals surface area contributed by atoms with Crippen LogP contribution in [0.15, 0.2) is 34.8 Å². The number of rotatable bonds is 8. The average Bonchev–Trinajstić information content (AvgIpc) is 2.62. The summed E-state index contributed by atoms with van der Waals surface area (Å²) in [5.41, 5.74) is 1.20. The lowest BCUT2D eigenvalue weighted by molar-refractivity contribution is -0.114. The fourth-order valence-corrected chi connectivity index (χ4v) is 3.17. The quantitative estimate of drug-likeness (QED) is 0.625. The summed E-state index contributed by atoms with van der Waals surface area (Å²) in [5.74, 6) is 1.54. The Labute approximate surface area is 165 Å². The zero-order valence-electron chi connectivity index (χ0n) is 14.7. The van der Waals surface area contributed by atoms with E-state index in [2.05, 4.69) is 26.6 Å². The summed E-state index contributed by atoms with van der Waals surface area (Å²) < 4.78 is 16.7. The number of carbonyl (C=O) groups excluding carboxylic acids is 1. The minimum atomic E-state index is -0.237. The molecule has 0 fully saturated rings. The second kappa shape index (κ2) is 9.54. The first-order valence-electron chi connectivity index (χ1n) is 7.85. The van der Waals surface area contributed by atoms with E-state index >= 15 is 0 Å². The van der Waals surface area contributed by atoms with E-state index < -0.39 is 0 Å². The number of halogens is 2. The lowest BCUT2D eigenvalue weighted by atomic mass is 10.2. The molecule has 0 aliphatic carbocycles. The maximum absolute atomic E-state index is 12.3. The maximum Gasteiger partial charge on any atom is 0.243 e. The van der Waals surface area contributed by atoms with Gasteiger partial charge in [-0.25, -0.2) is 0 Å². The van der Waals surface area contributed by atoms with Gasteiger partial charge in [-0.2, -0.15) is 0 Å². The van der Waals surface area contributed by atoms with Crippen molar-refractivity contribution in [1.82, 2.24) is 0 Å². The predicted molar refractivity (Wildman–Crippen MR) is 107 cm³/mol. The van der Waals surface area contributed by atoms with Crippen molar-refractivity contribution in [3.05, 3.63) is 39.8 Å². The Hall–Kier alpha value is -2.12. The van der Waals surface area contributed by atoms with E-state index in [9.17, 15) is 4.79 Å². The van der Waals surface area contributed by atoms with Gasteiger partial charge in [-0.1, -0.05) is 11.6 Å². The van der Waals surface area contributed by atoms with E-state index in [4.69, 9.17) is 25.8 Å². The molecule has 0 unspecified atom stereocenters. The minimum Gasteiger partial charge on any atom is -0.497 e. The molecule has 0 bridgehead atoms. The van der Waals surface area contributed by atoms with E-state index in [1.807, 2.05) is 6.92 Å². The van der Waals surface area contributed by atoms with Crippen LogP contribution >= 0.6 is 27.5 Å². The Bertz CT molecular complexity index is 764. The van der Waals surface area contributed by atoms with Gasteiger partial charge in [0.15, 0.2) is 5.75 Å². The maximum atomic E-state index is 12.3. The highest BCUT2D eigenvalue weighted by molar-refractivity contribution is 9.10. The van der Waals surface area contributed by atoms with Crippen LogP contribution in [-0.2, 0) is 4.79 Å². The summed E-state index contributed by atoms with van der Waals surface area (Å²) in [6.45, 7) is 2.41. The first-order valence-corrected chi connectivity index (χ1v) is 9.02. The second-order valence-electron chi connectivity index (χ2n) is 5.20. The van der Waals surface area contributed by atoms with Gasteiger partial charge in [0.05, 0.1) is 37.5 Å². The Morgan fingerprint density at radius 1 is 1.12 bits per heavy atom. The van der Waals surface area contributed by atoms with Gasteiger partial charge in [0.2, 0.25) is 5.91 Å². The van der Waals surface area contributed by atoms with E-state index in [0.29, 0.717) is 44.7 Å². The third-order valence-electron chi connectivity index (χ3n) is 3.37. The van der Waals surface area contributed by atoms with Crippen LogP contribution in [0.3, 0.4) is 0 Å². The molecule has 2 aromatic carbocycles. The third-order valence-corrected chi connectivity index (χ3v) is 4.18. The van der Waals surface area contributed by atoms with Crippen molar-refractivity contribution in [1.29, 1.82) is 0 Å². The highest BCUT2D eigenvalue weighted by Gasteiger charge is 2.12. The van der Waals surface area contributed by atoms with Crippen LogP contribution in [0.25, 0.3) is 0 Å². The molecule has 8 heteroatoms. The molecule has 140 valence electrons. The van der Waals surface area contributed by atoms with Crippen LogP contribution in [0.5, 0.6) is 17.2 Å². The molecule has 26 heavy (non-hydrogen) atoms. The van der Waals surface area contributed by atoms with Gasteiger partial charge in [-0.15, -0.1) is 0 Å². The molecule has 0 heterocycles. The van der Waals surface area contributed by atoms with Crippen molar-refractivity contribution in [2.45, 2.75) is 6.92 Å². The Morgan fingerprint density at radius 2 is 1.77 bits per heavy atom. The van der Waals surface area contributed by atoms with Crippen molar-refractivity contribution >= 4 is 44.8 Å². The van der Waals surface area contributed by atoms with E-state index in [1.165, 1.54) is 0 Å². The van der Waals surface area contributed by atoms with Crippen molar-refractivity contribution in [2.75, 3.05) is 38.0 Å². The molecule has 0 atom stereocenters. The van der Waals surface area contributed by atoms with Crippen LogP contribution in [0.4, 0.5) is 11.4 Å². The zero-order chi connectivity index (χ0) is 19.1. The molecule has 0 saturated carbocycles. The van der Waals surface area contributed by atoms with Gasteiger partial charge < -0.3 is 24.8 Å². The summed E-state index contributed by atoms with van der Waals surface area (Å²) in [6.07, 6.45) is 0. The van der Waals surface area contributed by atoms with Gasteiger partial charge in [0.1, 0.15) is 11.5 Å². The summed E-state index contributed by atoms with van der Waals surface area (Å²) in [4.78, 5) is 12.3. The molecule has 0 aromatic heterocycles. The molecule has 0 saturated heterocycles. The van der Waals surface area contributed by atoms with Crippen molar-refractivity contribution in [2.24, 2.45) is 0 Å². The molecule has 0 aliphatic heterocycles. The lowest BCUT2D eigenvalue weighted by Gasteiger charge is -2.15. The number of methoxy groups -OCH3 is 2. The number of amides is 1. The third kappa shape index (κ3) is 5.44. The highest BCUT2D eigenvalue weighted by atomic mass is 79.9. The molecular formula is C18H20BrClN2O4. The smallest absolute Gasteiger partial charge is 0.243 e. The average molecular weight is 444 g/mol. The molecule has 6 nitrogen and oxygen atoms in total. The Balaban J connectivity index is 2.08. The predicted octanol–water partition coefficient (Wildman–Crippen LogP) is 4.57. The van der Waals surface area contributed by atoms with Crippen LogP contribution in [0, 0.1) is 0 Å². The van der Waals surface area contributed by atoms with Crippen LogP contribution in [-0.4, -0.2) is 33.3 Å². The summed E-state index contributed by atoms with van der Waals surface area (Å²) in [7, 11) is 3.10. The van der Waals surface area contributed by atoms with Gasteiger partial charge in [0, 0.05) is 28.9 Å². The first kappa shape index (κ1) is 20.2. The normalized spacial score (nSPS) is 10.2. The van der Waals surface area contributed by atoms with Crippen LogP contribution in [0.1, 0.15) is 6.92 Å². The summed E-state index contributed by atoms with van der Waals surface area (Å²) in [6, 6.07) is 8.59. The summed E-state index contributed by atoms with van der Waals surface area (Å²) in [5, 5.41) is 6.37. The number of hydrogen-bond donors (Lipinski definition) is 2. The lowest BCUT2D eigenvalue weighted by Crippen LogP contribution is -2.22. The van der Waals surface area contributed by atoms with Crippen molar-refractivity contribution < 1.29 is 19.0 Å². The summed E-state index contributed by atoms with van der Waals surface area (Å²) >= 11 is 9.49. The molecule has 0 aliphatic rings. The first-order chi connectivity index (χ1) is 12.5. The number of ether oxygens (including phenoxy) is 3. The van der Waals surface area contributed by atoms with Crippen LogP contribution in [0.2, 0.25) is 5.02 Å². The monoisotopic (exact) mass is 442 g/mol. The fourth-order valence-electron chi connectivity index (χ4n) is 2.24. The van der Waals surface area contributed by atoms with Gasteiger partial charge in [-0.05, 0) is 35.0 Å². The number of carbonyl (C=O) groups is 1. The highest BCUT2D eigenvalue weighted by Crippen LogP contribution is 2.36. The molecule has 0 spiro atoms. The molecule has 1 amide bonds. The molecule has 2 N–H and O–H groups in total. The number of benzene rings is 2. The molecular weight excluding hydrogens is 424 g/mol. The molecule has 2 aromatic rings. The van der Waals surface area contributed by atoms with Gasteiger partial charge >= 0.3 is 0 Å². The van der Waals surface area contributed by atoms with Crippen LogP contribution < -0.4 is 24.8 Å². The number of hydrogen-bond acceptors (Lipinski definition) is 5. The fraction of sp³-hybridized carbons (Fsp3) is 0.278. The Kier molecular flexibility index (Phi) is 7.41. The largest absolute Gasteiger partial charge is 0.497 e. The number of anilines is 2. The zero-order valence-corrected chi connectivity index (χ0v) is 17.0. The topological polar surface area (TPSA) is 68.8 Å². The number of nitrogens with one attached hydrogen (secondary N) is 2. The van der Waals surface area contributed by atoms with E-state index in [1.54, 1.807) is 44.6 Å².